The molecule has 0 aromatic carbocycles. The van der Waals surface area contributed by atoms with E-state index in [1.54, 1.807) is 13.0 Å². The molecule has 5 rings (SSSR count). The summed E-state index contributed by atoms with van der Waals surface area (Å²) in [5.74, 6) is -3.05. The van der Waals surface area contributed by atoms with E-state index in [2.05, 4.69) is 17.2 Å². The van der Waals surface area contributed by atoms with Crippen molar-refractivity contribution in [2.24, 2.45) is 45.0 Å². The number of hydrogen-bond acceptors (Lipinski definition) is 10. The molecule has 0 spiro atoms. The van der Waals surface area contributed by atoms with Crippen molar-refractivity contribution in [2.75, 3.05) is 6.54 Å². The number of fused-ring (bicyclic) bond motifs is 5. The Kier molecular flexibility index (Phi) is 12.2. The number of amides is 1. The summed E-state index contributed by atoms with van der Waals surface area (Å²) in [7, 11) is 0. The van der Waals surface area contributed by atoms with E-state index in [9.17, 15) is 39.3 Å². The first-order valence-corrected chi connectivity index (χ1v) is 18.9. The zero-order valence-electron chi connectivity index (χ0n) is 30.4. The molecule has 0 saturated heterocycles. The van der Waals surface area contributed by atoms with Crippen LogP contribution in [0.1, 0.15) is 122 Å². The molecular weight excluding hydrogens is 672 g/mol. The number of guanidine groups is 1. The fourth-order valence-electron chi connectivity index (χ4n) is 10.4. The number of Topliss-reactive ketones (excluding diaryl/α,β-unsaturated/α-hetero) is 1. The molecule has 0 bridgehead atoms. The lowest BCUT2D eigenvalue weighted by molar-refractivity contribution is -0.229. The second kappa shape index (κ2) is 16.1. The zero-order chi connectivity index (χ0) is 37.8. The monoisotopic (exact) mass is 728 g/mol. The van der Waals surface area contributed by atoms with E-state index in [0.29, 0.717) is 69.8 Å². The number of unbranched alkanes of at least 4 members (excludes halogenated alkanes) is 3. The summed E-state index contributed by atoms with van der Waals surface area (Å²) in [5, 5.41) is 36.1. The Morgan fingerprint density at radius 3 is 2.42 bits per heavy atom. The van der Waals surface area contributed by atoms with E-state index in [1.807, 2.05) is 0 Å². The lowest BCUT2D eigenvalue weighted by atomic mass is 9.42. The number of esters is 1. The third-order valence-corrected chi connectivity index (χ3v) is 13.2. The molecular formula is C38H56N4O10. The van der Waals surface area contributed by atoms with Crippen LogP contribution in [0.4, 0.5) is 0 Å². The van der Waals surface area contributed by atoms with Crippen LogP contribution in [0.3, 0.4) is 0 Å². The summed E-state index contributed by atoms with van der Waals surface area (Å²) >= 11 is 0. The molecule has 4 aliphatic carbocycles. The Balaban J connectivity index is 1.06. The highest BCUT2D eigenvalue weighted by Gasteiger charge is 2.73. The van der Waals surface area contributed by atoms with Gasteiger partial charge in [-0.2, -0.15) is 0 Å². The standard InChI is InChI=1S/C38H56N4O10/c1-36-17-15-24(52-30(45)10-6-4-3-5-9-28(43)42-27(34(48)49)8-7-19-41-35(39)40)20-23(36)12-13-26-31(36)32(46)33(47)37(2)25(16-18-38(26,37)50)22-11-14-29(44)51-21-22/h11,14,21,23-27,31-32,46,50H,3-10,12-13,15-20H2,1-2H3,(H,42,43)(H,48,49)(H4,39,40,41)/t23-,24+,25-,26-,27+,31?,32+,36+,37+,38+/m1/s1. The van der Waals surface area contributed by atoms with Gasteiger partial charge in [-0.05, 0) is 106 Å². The summed E-state index contributed by atoms with van der Waals surface area (Å²) in [4.78, 5) is 66.2. The van der Waals surface area contributed by atoms with Gasteiger partial charge < -0.3 is 41.3 Å². The Bertz CT molecular complexity index is 1560. The van der Waals surface area contributed by atoms with E-state index in [1.165, 1.54) is 12.3 Å². The van der Waals surface area contributed by atoms with E-state index in [4.69, 9.17) is 20.6 Å². The lowest BCUT2D eigenvalue weighted by Crippen LogP contribution is -2.70. The fourth-order valence-corrected chi connectivity index (χ4v) is 10.4. The number of nitrogens with two attached hydrogens (primary N) is 2. The highest BCUT2D eigenvalue weighted by atomic mass is 16.5. The van der Waals surface area contributed by atoms with Crippen molar-refractivity contribution in [1.82, 2.24) is 5.32 Å². The molecule has 288 valence electrons. The number of hydrogen-bond donors (Lipinski definition) is 6. The van der Waals surface area contributed by atoms with Crippen molar-refractivity contribution >= 4 is 29.6 Å². The summed E-state index contributed by atoms with van der Waals surface area (Å²) < 4.78 is 11.0. The van der Waals surface area contributed by atoms with Gasteiger partial charge in [0.15, 0.2) is 11.7 Å². The quantitative estimate of drug-likeness (QED) is 0.0661. The normalized spacial score (nSPS) is 34.3. The molecule has 1 unspecified atom stereocenters. The number of rotatable bonds is 15. The fraction of sp³-hybridized carbons (Fsp3) is 0.737. The number of aliphatic carboxylic acids is 1. The SMILES string of the molecule is C[C@]12CC[C@H](OC(=O)CCCCCCC(=O)N[C@@H](CCCN=C(N)N)C(=O)O)C[C@H]1CC[C@@H]1C2[C@H](O)C(=O)[C@]2(C)[C@@H](c3ccc(=O)oc3)CC[C@]12O. The largest absolute Gasteiger partial charge is 0.480 e. The number of aliphatic imine (C=N–C) groups is 1. The van der Waals surface area contributed by atoms with Crippen LogP contribution in [-0.2, 0) is 23.9 Å². The number of nitrogens with one attached hydrogen (secondary N) is 1. The summed E-state index contributed by atoms with van der Waals surface area (Å²) in [6.07, 6.45) is 7.97. The molecule has 1 amide bonds. The van der Waals surface area contributed by atoms with Gasteiger partial charge in [-0.3, -0.25) is 19.4 Å². The van der Waals surface area contributed by atoms with Crippen molar-refractivity contribution in [2.45, 2.75) is 140 Å². The first kappa shape index (κ1) is 39.4. The number of nitrogens with zero attached hydrogens (tertiary/aromatic N) is 1. The van der Waals surface area contributed by atoms with Crippen molar-refractivity contribution in [3.05, 3.63) is 34.4 Å². The maximum Gasteiger partial charge on any atom is 0.335 e. The van der Waals surface area contributed by atoms with Gasteiger partial charge in [0.2, 0.25) is 5.91 Å². The van der Waals surface area contributed by atoms with Gasteiger partial charge in [-0.25, -0.2) is 9.59 Å². The molecule has 4 saturated carbocycles. The summed E-state index contributed by atoms with van der Waals surface area (Å²) in [6.45, 7) is 4.19. The molecule has 14 heteroatoms. The van der Waals surface area contributed by atoms with Gasteiger partial charge in [0.05, 0.1) is 17.3 Å². The molecule has 4 aliphatic rings. The van der Waals surface area contributed by atoms with Crippen LogP contribution in [0.25, 0.3) is 0 Å². The van der Waals surface area contributed by atoms with Crippen molar-refractivity contribution in [3.8, 4) is 0 Å². The molecule has 4 fully saturated rings. The van der Waals surface area contributed by atoms with Gasteiger partial charge in [-0.15, -0.1) is 0 Å². The number of carbonyl (C=O) groups is 4. The van der Waals surface area contributed by atoms with Crippen molar-refractivity contribution in [1.29, 1.82) is 0 Å². The predicted octanol–water partition coefficient (Wildman–Crippen LogP) is 2.91. The molecule has 52 heavy (non-hydrogen) atoms. The van der Waals surface area contributed by atoms with Crippen LogP contribution in [0, 0.1) is 28.6 Å². The van der Waals surface area contributed by atoms with Crippen LogP contribution < -0.4 is 22.4 Å². The molecule has 1 aromatic heterocycles. The molecule has 1 heterocycles. The third kappa shape index (κ3) is 7.78. The van der Waals surface area contributed by atoms with E-state index in [-0.39, 0.29) is 73.3 Å². The molecule has 0 aliphatic heterocycles. The second-order valence-electron chi connectivity index (χ2n) is 16.0. The average Bonchev–Trinajstić information content (AvgIpc) is 3.38. The number of aliphatic hydroxyl groups excluding tert-OH is 1. The topological polar surface area (TPSA) is 245 Å². The minimum Gasteiger partial charge on any atom is -0.480 e. The third-order valence-electron chi connectivity index (χ3n) is 13.2. The van der Waals surface area contributed by atoms with Crippen LogP contribution in [0.5, 0.6) is 0 Å². The lowest BCUT2D eigenvalue weighted by Gasteiger charge is -2.64. The van der Waals surface area contributed by atoms with Crippen LogP contribution in [0.2, 0.25) is 0 Å². The van der Waals surface area contributed by atoms with Gasteiger partial charge in [0.25, 0.3) is 0 Å². The molecule has 10 atom stereocenters. The maximum absolute atomic E-state index is 14.2. The molecule has 14 nitrogen and oxygen atoms in total. The number of ether oxygens (including phenoxy) is 1. The van der Waals surface area contributed by atoms with Crippen molar-refractivity contribution in [3.63, 3.8) is 0 Å². The Hall–Kier alpha value is -3.78. The first-order valence-electron chi connectivity index (χ1n) is 18.9. The number of carbonyl (C=O) groups excluding carboxylic acids is 3. The number of aliphatic hydroxyl groups is 2. The minimum atomic E-state index is -1.30. The van der Waals surface area contributed by atoms with E-state index >= 15 is 0 Å². The highest BCUT2D eigenvalue weighted by Crippen LogP contribution is 2.69. The number of ketones is 1. The van der Waals surface area contributed by atoms with Gasteiger partial charge in [0.1, 0.15) is 18.2 Å². The average molecular weight is 729 g/mol. The Morgan fingerprint density at radius 2 is 1.75 bits per heavy atom. The minimum absolute atomic E-state index is 0.0680. The van der Waals surface area contributed by atoms with Crippen LogP contribution >= 0.6 is 0 Å². The van der Waals surface area contributed by atoms with E-state index in [0.717, 1.165) is 12.8 Å². The molecule has 8 N–H and O–H groups in total. The predicted molar refractivity (Wildman–Crippen MR) is 190 cm³/mol. The number of carboxylic acid groups (broad SMARTS) is 1. The first-order chi connectivity index (χ1) is 24.6. The van der Waals surface area contributed by atoms with E-state index < -0.39 is 46.1 Å². The van der Waals surface area contributed by atoms with Crippen LogP contribution in [-0.4, -0.2) is 75.3 Å². The zero-order valence-corrected chi connectivity index (χ0v) is 30.4. The second-order valence-corrected chi connectivity index (χ2v) is 16.0. The summed E-state index contributed by atoms with van der Waals surface area (Å²) in [6, 6.07) is 1.98. The Labute approximate surface area is 304 Å². The summed E-state index contributed by atoms with van der Waals surface area (Å²) in [5.41, 5.74) is 7.83. The van der Waals surface area contributed by atoms with Gasteiger partial charge in [0, 0.05) is 37.3 Å². The van der Waals surface area contributed by atoms with Gasteiger partial charge >= 0.3 is 17.6 Å². The van der Waals surface area contributed by atoms with Crippen molar-refractivity contribution < 1.29 is 43.7 Å². The molecule has 1 aromatic rings. The van der Waals surface area contributed by atoms with Gasteiger partial charge in [-0.1, -0.05) is 19.8 Å². The smallest absolute Gasteiger partial charge is 0.335 e. The molecule has 0 radical (unpaired) electrons. The van der Waals surface area contributed by atoms with Crippen LogP contribution in [0.15, 0.2) is 32.6 Å². The number of carboxylic acids is 1. The Morgan fingerprint density at radius 1 is 1.02 bits per heavy atom. The highest BCUT2D eigenvalue weighted by molar-refractivity contribution is 5.93. The maximum atomic E-state index is 14.2.